The predicted molar refractivity (Wildman–Crippen MR) is 186 cm³/mol. The maximum absolute atomic E-state index is 13.0. The number of rotatable bonds is 11. The van der Waals surface area contributed by atoms with Gasteiger partial charge in [-0.2, -0.15) is 14.6 Å². The van der Waals surface area contributed by atoms with Crippen LogP contribution in [0.2, 0.25) is 0 Å². The first kappa shape index (κ1) is 37.9. The van der Waals surface area contributed by atoms with E-state index in [9.17, 15) is 14.0 Å². The number of pyridine rings is 2. The van der Waals surface area contributed by atoms with Crippen molar-refractivity contribution in [2.75, 3.05) is 66.1 Å². The number of nitrogens with zero attached hydrogens (tertiary/aromatic N) is 5. The fourth-order valence-corrected chi connectivity index (χ4v) is 5.27. The minimum absolute atomic E-state index is 0.0875. The molecular weight excluding hydrogens is 647 g/mol. The van der Waals surface area contributed by atoms with E-state index in [2.05, 4.69) is 25.9 Å². The zero-order valence-corrected chi connectivity index (χ0v) is 28.8. The van der Waals surface area contributed by atoms with Crippen molar-refractivity contribution in [3.63, 3.8) is 0 Å². The summed E-state index contributed by atoms with van der Waals surface area (Å²) in [5, 5.41) is 15.6. The first-order valence-corrected chi connectivity index (χ1v) is 16.3. The third kappa shape index (κ3) is 10.8. The molecule has 2 amide bonds. The summed E-state index contributed by atoms with van der Waals surface area (Å²) in [6.45, 7) is 6.00. The lowest BCUT2D eigenvalue weighted by Crippen LogP contribution is -2.39. The summed E-state index contributed by atoms with van der Waals surface area (Å²) >= 11 is 0. The van der Waals surface area contributed by atoms with Gasteiger partial charge in [0.1, 0.15) is 11.4 Å². The summed E-state index contributed by atoms with van der Waals surface area (Å²) in [4.78, 5) is 36.0. The van der Waals surface area contributed by atoms with Crippen molar-refractivity contribution < 1.29 is 33.0 Å². The van der Waals surface area contributed by atoms with E-state index < -0.39 is 5.95 Å². The van der Waals surface area contributed by atoms with Crippen molar-refractivity contribution in [3.05, 3.63) is 84.1 Å². The number of halogens is 1. The van der Waals surface area contributed by atoms with Crippen LogP contribution >= 0.6 is 0 Å². The number of ether oxygens (including phenoxy) is 3. The van der Waals surface area contributed by atoms with Crippen LogP contribution in [0.5, 0.6) is 5.88 Å². The van der Waals surface area contributed by atoms with Gasteiger partial charge in [-0.05, 0) is 50.1 Å². The Labute approximate surface area is 291 Å². The molecule has 0 saturated carbocycles. The van der Waals surface area contributed by atoms with Crippen molar-refractivity contribution in [1.29, 1.82) is 0 Å². The van der Waals surface area contributed by atoms with Crippen molar-refractivity contribution in [2.24, 2.45) is 0 Å². The molecule has 2 saturated heterocycles. The number of carbonyl (C=O) groups excluding carboxylic acids is 2. The number of carbonyl (C=O) groups is 2. The fraction of sp³-hybridized carbons (Fsp3) is 0.400. The highest BCUT2D eigenvalue weighted by Crippen LogP contribution is 2.32. The number of methoxy groups -OCH3 is 2. The SMILES string of the molecule is CNc1c(C)c(-c2cnc(OC)c(C(=O)NC3CCOCC3)c2)nn1-c1ccccc1.COCCN1C[C@@H](NC=O)CO1.Fc1ccccn1. The lowest BCUT2D eigenvalue weighted by Gasteiger charge is -2.23. The Morgan fingerprint density at radius 1 is 1.08 bits per heavy atom. The van der Waals surface area contributed by atoms with Crippen LogP contribution in [0.25, 0.3) is 16.9 Å². The highest BCUT2D eigenvalue weighted by molar-refractivity contribution is 5.97. The van der Waals surface area contributed by atoms with Crippen molar-refractivity contribution in [1.82, 2.24) is 35.4 Å². The third-order valence-electron chi connectivity index (χ3n) is 7.84. The molecule has 15 heteroatoms. The minimum Gasteiger partial charge on any atom is -0.480 e. The normalized spacial score (nSPS) is 15.9. The Hall–Kier alpha value is -4.96. The number of aromatic nitrogens is 4. The van der Waals surface area contributed by atoms with E-state index in [1.54, 1.807) is 36.6 Å². The molecular formula is C35H45FN8O6. The summed E-state index contributed by atoms with van der Waals surface area (Å²) < 4.78 is 29.3. The van der Waals surface area contributed by atoms with Crippen LogP contribution in [0.1, 0.15) is 28.8 Å². The van der Waals surface area contributed by atoms with Gasteiger partial charge in [0, 0.05) is 70.0 Å². The van der Waals surface area contributed by atoms with E-state index in [4.69, 9.17) is 24.1 Å². The monoisotopic (exact) mass is 692 g/mol. The molecule has 268 valence electrons. The molecule has 4 aromatic rings. The zero-order chi connectivity index (χ0) is 35.7. The van der Waals surface area contributed by atoms with Crippen LogP contribution in [-0.4, -0.2) is 110 Å². The Morgan fingerprint density at radius 2 is 1.84 bits per heavy atom. The molecule has 2 aliphatic rings. The first-order chi connectivity index (χ1) is 24.4. The van der Waals surface area contributed by atoms with Crippen molar-refractivity contribution >= 4 is 18.1 Å². The predicted octanol–water partition coefficient (Wildman–Crippen LogP) is 3.42. The molecule has 0 radical (unpaired) electrons. The van der Waals surface area contributed by atoms with Gasteiger partial charge in [-0.25, -0.2) is 14.6 Å². The first-order valence-electron chi connectivity index (χ1n) is 16.3. The molecule has 3 N–H and O–H groups in total. The number of nitrogens with one attached hydrogen (secondary N) is 3. The van der Waals surface area contributed by atoms with Gasteiger partial charge in [0.2, 0.25) is 18.2 Å². The lowest BCUT2D eigenvalue weighted by molar-refractivity contribution is -0.118. The van der Waals surface area contributed by atoms with E-state index >= 15 is 0 Å². The highest BCUT2D eigenvalue weighted by atomic mass is 19.1. The molecule has 1 aromatic carbocycles. The summed E-state index contributed by atoms with van der Waals surface area (Å²) in [6, 6.07) is 16.5. The molecule has 50 heavy (non-hydrogen) atoms. The molecule has 2 fully saturated rings. The van der Waals surface area contributed by atoms with Gasteiger partial charge in [0.05, 0.1) is 37.7 Å². The number of hydrogen-bond acceptors (Lipinski definition) is 11. The van der Waals surface area contributed by atoms with Crippen molar-refractivity contribution in [3.8, 4) is 22.8 Å². The van der Waals surface area contributed by atoms with Gasteiger partial charge in [0.15, 0.2) is 0 Å². The molecule has 0 spiro atoms. The summed E-state index contributed by atoms with van der Waals surface area (Å²) in [6.07, 6.45) is 5.40. The molecule has 2 aliphatic heterocycles. The third-order valence-corrected chi connectivity index (χ3v) is 7.84. The number of para-hydroxylation sites is 1. The van der Waals surface area contributed by atoms with E-state index in [0.717, 1.165) is 54.3 Å². The second-order valence-electron chi connectivity index (χ2n) is 11.3. The van der Waals surface area contributed by atoms with Crippen LogP contribution in [0.3, 0.4) is 0 Å². The molecule has 3 aromatic heterocycles. The summed E-state index contributed by atoms with van der Waals surface area (Å²) in [5.41, 5.74) is 3.81. The molecule has 0 unspecified atom stereocenters. The Kier molecular flexibility index (Phi) is 15.1. The Balaban J connectivity index is 0.000000240. The van der Waals surface area contributed by atoms with Gasteiger partial charge in [-0.1, -0.05) is 24.3 Å². The summed E-state index contributed by atoms with van der Waals surface area (Å²) in [7, 11) is 5.03. The summed E-state index contributed by atoms with van der Waals surface area (Å²) in [5.74, 6) is 0.544. The highest BCUT2D eigenvalue weighted by Gasteiger charge is 2.24. The van der Waals surface area contributed by atoms with Crippen molar-refractivity contribution in [2.45, 2.75) is 31.8 Å². The lowest BCUT2D eigenvalue weighted by atomic mass is 10.1. The maximum Gasteiger partial charge on any atom is 0.257 e. The van der Waals surface area contributed by atoms with Crippen LogP contribution in [0.15, 0.2) is 67.0 Å². The average molecular weight is 693 g/mol. The van der Waals surface area contributed by atoms with E-state index in [-0.39, 0.29) is 18.0 Å². The molecule has 14 nitrogen and oxygen atoms in total. The second kappa shape index (κ2) is 19.9. The van der Waals surface area contributed by atoms with Gasteiger partial charge < -0.3 is 30.2 Å². The van der Waals surface area contributed by atoms with Crippen LogP contribution in [0.4, 0.5) is 10.2 Å². The number of anilines is 1. The molecule has 1 atom stereocenters. The molecule has 0 bridgehead atoms. The van der Waals surface area contributed by atoms with Crippen LogP contribution in [-0.2, 0) is 19.1 Å². The number of hydrogen-bond donors (Lipinski definition) is 3. The zero-order valence-electron chi connectivity index (χ0n) is 28.8. The minimum atomic E-state index is -0.428. The number of hydroxylamine groups is 2. The Morgan fingerprint density at radius 3 is 2.46 bits per heavy atom. The molecule has 5 heterocycles. The second-order valence-corrected chi connectivity index (χ2v) is 11.3. The number of amides is 2. The molecule has 0 aliphatic carbocycles. The maximum atomic E-state index is 13.0. The van der Waals surface area contributed by atoms with Gasteiger partial charge in [-0.15, -0.1) is 0 Å². The average Bonchev–Trinajstić information content (AvgIpc) is 3.75. The smallest absolute Gasteiger partial charge is 0.257 e. The van der Waals surface area contributed by atoms with Gasteiger partial charge in [-0.3, -0.25) is 14.4 Å². The van der Waals surface area contributed by atoms with E-state index in [0.29, 0.717) is 44.3 Å². The van der Waals surface area contributed by atoms with E-state index in [1.165, 1.54) is 19.4 Å². The standard InChI is InChI=1S/C23H27N5O3.C7H14N2O3.C5H4FN/c1-15-20(27-28(21(15)24-2)18-7-5-4-6-8-18)16-13-19(23(30-3)25-14-16)22(29)26-17-9-11-31-12-10-17;1-11-3-2-9-4-7(5-12-9)8-6-10;6-5-3-1-2-4-7-5/h4-8,13-14,17,24H,9-12H2,1-3H3,(H,26,29);6-7H,2-5H2,1H3,(H,8,10);1-4H/t;7-;/m.1./s1. The van der Waals surface area contributed by atoms with Gasteiger partial charge in [0.25, 0.3) is 5.91 Å². The quantitative estimate of drug-likeness (QED) is 0.157. The van der Waals surface area contributed by atoms with E-state index in [1.807, 2.05) is 49.0 Å². The topological polar surface area (TPSA) is 154 Å². The Bertz CT molecular complexity index is 1620. The van der Waals surface area contributed by atoms with Crippen LogP contribution in [0, 0.1) is 12.9 Å². The van der Waals surface area contributed by atoms with Gasteiger partial charge >= 0.3 is 0 Å². The molecule has 6 rings (SSSR count). The number of benzene rings is 1. The largest absolute Gasteiger partial charge is 0.480 e. The van der Waals surface area contributed by atoms with Crippen LogP contribution < -0.4 is 20.7 Å². The fourth-order valence-electron chi connectivity index (χ4n) is 5.27.